The smallest absolute Gasteiger partial charge is 0.337 e. The van der Waals surface area contributed by atoms with Gasteiger partial charge in [-0.25, -0.2) is 4.79 Å². The number of benzene rings is 3. The monoisotopic (exact) mass is 386 g/mol. The average molecular weight is 386 g/mol. The van der Waals surface area contributed by atoms with Gasteiger partial charge in [0.05, 0.1) is 12.7 Å². The average Bonchev–Trinajstić information content (AvgIpc) is 3.19. The summed E-state index contributed by atoms with van der Waals surface area (Å²) in [5.41, 5.74) is 6.62. The molecular formula is C25H26N2O2. The van der Waals surface area contributed by atoms with Gasteiger partial charge in [0.2, 0.25) is 0 Å². The molecule has 0 radical (unpaired) electrons. The van der Waals surface area contributed by atoms with E-state index in [-0.39, 0.29) is 12.1 Å². The highest BCUT2D eigenvalue weighted by atomic mass is 16.5. The van der Waals surface area contributed by atoms with Crippen LogP contribution in [-0.4, -0.2) is 26.2 Å². The Labute approximate surface area is 172 Å². The predicted octanol–water partition coefficient (Wildman–Crippen LogP) is 5.12. The van der Waals surface area contributed by atoms with E-state index in [0.29, 0.717) is 5.56 Å². The topological polar surface area (TPSA) is 32.8 Å². The second kappa shape index (κ2) is 8.00. The highest BCUT2D eigenvalue weighted by molar-refractivity contribution is 5.89. The van der Waals surface area contributed by atoms with Gasteiger partial charge in [-0.15, -0.1) is 0 Å². The zero-order valence-corrected chi connectivity index (χ0v) is 17.1. The van der Waals surface area contributed by atoms with Crippen molar-refractivity contribution in [2.45, 2.75) is 20.0 Å². The number of carbonyl (C=O) groups excluding carboxylic acids is 1. The third-order valence-electron chi connectivity index (χ3n) is 5.53. The number of rotatable bonds is 4. The fraction of sp³-hybridized carbons (Fsp3) is 0.240. The Morgan fingerprint density at radius 3 is 1.62 bits per heavy atom. The molecule has 3 aromatic rings. The molecule has 0 aliphatic carbocycles. The number of hydrogen-bond donors (Lipinski definition) is 0. The normalized spacial score (nSPS) is 14.3. The Morgan fingerprint density at radius 2 is 1.21 bits per heavy atom. The molecule has 0 spiro atoms. The maximum absolute atomic E-state index is 11.8. The molecular weight excluding hydrogens is 360 g/mol. The summed E-state index contributed by atoms with van der Waals surface area (Å²) in [5.74, 6) is -0.311. The molecule has 1 fully saturated rings. The fourth-order valence-corrected chi connectivity index (χ4v) is 3.91. The molecule has 1 saturated heterocycles. The van der Waals surface area contributed by atoms with Crippen LogP contribution in [0.3, 0.4) is 0 Å². The van der Waals surface area contributed by atoms with Gasteiger partial charge in [-0.1, -0.05) is 47.5 Å². The first-order chi connectivity index (χ1) is 14.1. The number of esters is 1. The standard InChI is InChI=1S/C25H26N2O2/c1-18-4-12-22(13-5-18)26-16-17-27(23-14-6-19(2)7-15-23)24(26)20-8-10-21(11-9-20)25(28)29-3/h4-15,24H,16-17H2,1-3H3. The number of methoxy groups -OCH3 is 1. The number of carbonyl (C=O) groups is 1. The van der Waals surface area contributed by atoms with E-state index < -0.39 is 0 Å². The van der Waals surface area contributed by atoms with Crippen LogP contribution in [0.1, 0.15) is 33.2 Å². The number of anilines is 2. The van der Waals surface area contributed by atoms with E-state index in [1.807, 2.05) is 24.3 Å². The molecule has 1 aliphatic heterocycles. The van der Waals surface area contributed by atoms with Gasteiger partial charge in [0.15, 0.2) is 0 Å². The van der Waals surface area contributed by atoms with Crippen molar-refractivity contribution in [3.8, 4) is 0 Å². The van der Waals surface area contributed by atoms with Crippen LogP contribution in [-0.2, 0) is 4.74 Å². The summed E-state index contributed by atoms with van der Waals surface area (Å²) in [6.07, 6.45) is 0.0621. The second-order valence-corrected chi connectivity index (χ2v) is 7.55. The minimum Gasteiger partial charge on any atom is -0.465 e. The van der Waals surface area contributed by atoms with Gasteiger partial charge in [0.25, 0.3) is 0 Å². The lowest BCUT2D eigenvalue weighted by molar-refractivity contribution is 0.0600. The largest absolute Gasteiger partial charge is 0.465 e. The van der Waals surface area contributed by atoms with Crippen molar-refractivity contribution < 1.29 is 9.53 Å². The highest BCUT2D eigenvalue weighted by Crippen LogP contribution is 2.38. The lowest BCUT2D eigenvalue weighted by Crippen LogP contribution is -2.31. The van der Waals surface area contributed by atoms with Crippen LogP contribution in [0.15, 0.2) is 72.8 Å². The van der Waals surface area contributed by atoms with E-state index in [4.69, 9.17) is 4.74 Å². The molecule has 148 valence electrons. The van der Waals surface area contributed by atoms with Gasteiger partial charge >= 0.3 is 5.97 Å². The molecule has 4 heteroatoms. The first-order valence-electron chi connectivity index (χ1n) is 9.92. The Kier molecular flexibility index (Phi) is 5.26. The molecule has 3 aromatic carbocycles. The molecule has 4 rings (SSSR count). The van der Waals surface area contributed by atoms with E-state index in [1.54, 1.807) is 0 Å². The van der Waals surface area contributed by atoms with E-state index in [1.165, 1.54) is 29.6 Å². The van der Waals surface area contributed by atoms with Crippen molar-refractivity contribution in [2.75, 3.05) is 30.0 Å². The van der Waals surface area contributed by atoms with Gasteiger partial charge < -0.3 is 14.5 Å². The molecule has 1 aliphatic rings. The van der Waals surface area contributed by atoms with Gasteiger partial charge in [-0.2, -0.15) is 0 Å². The Hall–Kier alpha value is -3.27. The molecule has 0 bridgehead atoms. The molecule has 0 atom stereocenters. The van der Waals surface area contributed by atoms with Crippen LogP contribution >= 0.6 is 0 Å². The van der Waals surface area contributed by atoms with Crippen LogP contribution in [0.2, 0.25) is 0 Å². The number of ether oxygens (including phenoxy) is 1. The Bertz CT molecular complexity index is 925. The Balaban J connectivity index is 1.73. The van der Waals surface area contributed by atoms with Gasteiger partial charge in [0.1, 0.15) is 6.17 Å². The van der Waals surface area contributed by atoms with E-state index >= 15 is 0 Å². The van der Waals surface area contributed by atoms with E-state index in [0.717, 1.165) is 18.7 Å². The summed E-state index contributed by atoms with van der Waals surface area (Å²) < 4.78 is 4.85. The molecule has 1 heterocycles. The van der Waals surface area contributed by atoms with Crippen molar-refractivity contribution in [1.82, 2.24) is 0 Å². The molecule has 4 nitrogen and oxygen atoms in total. The molecule has 0 unspecified atom stereocenters. The van der Waals surface area contributed by atoms with Crippen molar-refractivity contribution in [3.05, 3.63) is 95.1 Å². The van der Waals surface area contributed by atoms with Crippen molar-refractivity contribution in [1.29, 1.82) is 0 Å². The summed E-state index contributed by atoms with van der Waals surface area (Å²) in [4.78, 5) is 16.7. The summed E-state index contributed by atoms with van der Waals surface area (Å²) in [6.45, 7) is 6.07. The number of nitrogens with zero attached hydrogens (tertiary/aromatic N) is 2. The highest BCUT2D eigenvalue weighted by Gasteiger charge is 2.33. The number of hydrogen-bond acceptors (Lipinski definition) is 4. The van der Waals surface area contributed by atoms with Crippen LogP contribution in [0.25, 0.3) is 0 Å². The predicted molar refractivity (Wildman–Crippen MR) is 118 cm³/mol. The van der Waals surface area contributed by atoms with E-state index in [2.05, 4.69) is 72.2 Å². The lowest BCUT2D eigenvalue weighted by atomic mass is 10.1. The fourth-order valence-electron chi connectivity index (χ4n) is 3.91. The summed E-state index contributed by atoms with van der Waals surface area (Å²) in [6, 6.07) is 25.1. The molecule has 0 saturated carbocycles. The Morgan fingerprint density at radius 1 is 0.759 bits per heavy atom. The van der Waals surface area contributed by atoms with Crippen molar-refractivity contribution in [3.63, 3.8) is 0 Å². The lowest BCUT2D eigenvalue weighted by Gasteiger charge is -2.33. The zero-order valence-electron chi connectivity index (χ0n) is 17.1. The molecule has 0 N–H and O–H groups in total. The first-order valence-corrected chi connectivity index (χ1v) is 9.92. The second-order valence-electron chi connectivity index (χ2n) is 7.55. The quantitative estimate of drug-likeness (QED) is 0.583. The summed E-state index contributed by atoms with van der Waals surface area (Å²) in [5, 5.41) is 0. The first kappa shape index (κ1) is 19.1. The SMILES string of the molecule is COC(=O)c1ccc(C2N(c3ccc(C)cc3)CCN2c2ccc(C)cc2)cc1. The molecule has 29 heavy (non-hydrogen) atoms. The van der Waals surface area contributed by atoms with Gasteiger partial charge in [-0.3, -0.25) is 0 Å². The van der Waals surface area contributed by atoms with Crippen molar-refractivity contribution in [2.24, 2.45) is 0 Å². The van der Waals surface area contributed by atoms with E-state index in [9.17, 15) is 4.79 Å². The molecule has 0 amide bonds. The minimum absolute atomic E-state index is 0.0621. The van der Waals surface area contributed by atoms with Gasteiger partial charge in [-0.05, 0) is 55.8 Å². The molecule has 0 aromatic heterocycles. The van der Waals surface area contributed by atoms with Crippen LogP contribution < -0.4 is 9.80 Å². The van der Waals surface area contributed by atoms with Crippen molar-refractivity contribution >= 4 is 17.3 Å². The van der Waals surface area contributed by atoms with Crippen LogP contribution in [0, 0.1) is 13.8 Å². The maximum atomic E-state index is 11.8. The third kappa shape index (κ3) is 3.83. The zero-order chi connectivity index (χ0) is 20.4. The number of aryl methyl sites for hydroxylation is 2. The van der Waals surface area contributed by atoms with Crippen LogP contribution in [0.5, 0.6) is 0 Å². The summed E-state index contributed by atoms with van der Waals surface area (Å²) >= 11 is 0. The van der Waals surface area contributed by atoms with Crippen LogP contribution in [0.4, 0.5) is 11.4 Å². The third-order valence-corrected chi connectivity index (χ3v) is 5.53. The van der Waals surface area contributed by atoms with Gasteiger partial charge in [0, 0.05) is 24.5 Å². The minimum atomic E-state index is -0.311. The summed E-state index contributed by atoms with van der Waals surface area (Å²) in [7, 11) is 1.41. The maximum Gasteiger partial charge on any atom is 0.337 e.